The van der Waals surface area contributed by atoms with Crippen LogP contribution >= 0.6 is 11.6 Å². The molecule has 7 N–H and O–H groups in total. The average Bonchev–Trinajstić information content (AvgIpc) is 2.70. The van der Waals surface area contributed by atoms with Crippen LogP contribution in [0.2, 0.25) is 5.02 Å². The molecule has 0 spiro atoms. The number of hydrogen-bond donors (Lipinski definition) is 7. The molecule has 0 amide bonds. The molecule has 0 unspecified atom stereocenters. The highest BCUT2D eigenvalue weighted by Crippen LogP contribution is 2.10. The zero-order valence-electron chi connectivity index (χ0n) is 17.2. The van der Waals surface area contributed by atoms with Crippen molar-refractivity contribution in [3.63, 3.8) is 0 Å². The average molecular weight is 456 g/mol. The number of carboxylic acid groups (broad SMARTS) is 2. The monoisotopic (exact) mass is 455 g/mol. The predicted octanol–water partition coefficient (Wildman–Crippen LogP) is 1.40. The molecule has 1 aromatic carbocycles. The second-order valence-electron chi connectivity index (χ2n) is 6.99. The molecule has 0 aromatic heterocycles. The summed E-state index contributed by atoms with van der Waals surface area (Å²) in [6.45, 7) is 4.82. The molecular weight excluding hydrogens is 426 g/mol. The first kappa shape index (κ1) is 26.5. The van der Waals surface area contributed by atoms with E-state index in [1.54, 1.807) is 6.07 Å². The third-order valence-corrected chi connectivity index (χ3v) is 4.70. The van der Waals surface area contributed by atoms with E-state index in [2.05, 4.69) is 28.3 Å². The van der Waals surface area contributed by atoms with Gasteiger partial charge in [-0.25, -0.2) is 4.79 Å². The molecule has 0 fully saturated rings. The van der Waals surface area contributed by atoms with Gasteiger partial charge in [-0.1, -0.05) is 36.0 Å². The first-order valence-electron chi connectivity index (χ1n) is 9.92. The topological polar surface area (TPSA) is 151 Å². The van der Waals surface area contributed by atoms with Gasteiger partial charge in [0, 0.05) is 18.0 Å². The Balaban J connectivity index is 2.44. The number of carbonyl (C=O) groups is 2. The van der Waals surface area contributed by atoms with Crippen LogP contribution in [0.25, 0.3) is 0 Å². The van der Waals surface area contributed by atoms with Gasteiger partial charge in [-0.2, -0.15) is 0 Å². The summed E-state index contributed by atoms with van der Waals surface area (Å²) in [7, 11) is 0. The molecule has 31 heavy (non-hydrogen) atoms. The summed E-state index contributed by atoms with van der Waals surface area (Å²) in [5.74, 6) is -2.10. The van der Waals surface area contributed by atoms with Gasteiger partial charge in [0.25, 0.3) is 0 Å². The third-order valence-electron chi connectivity index (χ3n) is 4.47. The minimum Gasteiger partial charge on any atom is -0.481 e. The maximum Gasteiger partial charge on any atom is 0.326 e. The van der Waals surface area contributed by atoms with E-state index in [4.69, 9.17) is 16.7 Å². The summed E-state index contributed by atoms with van der Waals surface area (Å²) in [5, 5.41) is 46.4. The highest BCUT2D eigenvalue weighted by molar-refractivity contribution is 6.30. The van der Waals surface area contributed by atoms with Crippen molar-refractivity contribution >= 4 is 23.5 Å². The number of aliphatic hydroxyl groups excluding tert-OH is 1. The van der Waals surface area contributed by atoms with E-state index in [0.717, 1.165) is 12.0 Å². The molecule has 172 valence electrons. The molecular formula is C21H30ClN3O6. The lowest BCUT2D eigenvalue weighted by Gasteiger charge is -2.24. The molecule has 0 radical (unpaired) electrons. The van der Waals surface area contributed by atoms with Gasteiger partial charge in [-0.15, -0.1) is 0 Å². The molecule has 9 nitrogen and oxygen atoms in total. The van der Waals surface area contributed by atoms with Gasteiger partial charge in [-0.3, -0.25) is 4.79 Å². The largest absolute Gasteiger partial charge is 0.481 e. The van der Waals surface area contributed by atoms with Crippen LogP contribution in [0.3, 0.4) is 0 Å². The molecule has 0 aliphatic rings. The van der Waals surface area contributed by atoms with Crippen LogP contribution in [0.15, 0.2) is 42.4 Å². The maximum absolute atomic E-state index is 11.6. The van der Waals surface area contributed by atoms with Crippen molar-refractivity contribution in [3.05, 3.63) is 53.0 Å². The zero-order valence-corrected chi connectivity index (χ0v) is 17.9. The number of benzene rings is 1. The van der Waals surface area contributed by atoms with Gasteiger partial charge in [0.2, 0.25) is 0 Å². The van der Waals surface area contributed by atoms with Crippen LogP contribution in [0, 0.1) is 0 Å². The van der Waals surface area contributed by atoms with Gasteiger partial charge >= 0.3 is 11.9 Å². The van der Waals surface area contributed by atoms with E-state index in [-0.39, 0.29) is 18.7 Å². The Morgan fingerprint density at radius 3 is 2.45 bits per heavy atom. The Labute approximate surface area is 186 Å². The quantitative estimate of drug-likeness (QED) is 0.111. The number of hydrogen-bond acceptors (Lipinski definition) is 7. The molecule has 0 saturated heterocycles. The van der Waals surface area contributed by atoms with Crippen molar-refractivity contribution < 1.29 is 30.0 Å². The van der Waals surface area contributed by atoms with Crippen LogP contribution in [-0.2, 0) is 16.1 Å². The van der Waals surface area contributed by atoms with E-state index in [0.29, 0.717) is 31.0 Å². The van der Waals surface area contributed by atoms with Gasteiger partial charge in [0.05, 0.1) is 6.04 Å². The minimum absolute atomic E-state index is 0.0648. The molecule has 0 bridgehead atoms. The number of rotatable bonds is 16. The standard InChI is InChI=1S/C21H30ClN3O6/c1-2-18(25-17(21(30)31)9-10-19(26)27)24-16(20(28)29)8-3-4-11-23-13-14-6-5-7-15(22)12-14/h5-7,12,16-17,21,23-25,30-31H,1,3-4,8-11,13H2,(H,26,27)(H,28,29)/t16-,17-/m0/s1. The van der Waals surface area contributed by atoms with Gasteiger partial charge in [0.1, 0.15) is 11.9 Å². The fraction of sp³-hybridized carbons (Fsp3) is 0.476. The Bertz CT molecular complexity index is 767. The summed E-state index contributed by atoms with van der Waals surface area (Å²) < 4.78 is 0. The molecule has 0 aliphatic carbocycles. The first-order chi connectivity index (χ1) is 14.7. The van der Waals surface area contributed by atoms with E-state index < -0.39 is 30.3 Å². The second kappa shape index (κ2) is 14.5. The highest BCUT2D eigenvalue weighted by atomic mass is 35.5. The Morgan fingerprint density at radius 1 is 1.13 bits per heavy atom. The summed E-state index contributed by atoms with van der Waals surface area (Å²) >= 11 is 5.94. The number of unbranched alkanes of at least 4 members (excludes halogenated alkanes) is 1. The summed E-state index contributed by atoms with van der Waals surface area (Å²) in [6.07, 6.45) is -0.494. The first-order valence-corrected chi connectivity index (χ1v) is 10.3. The summed E-state index contributed by atoms with van der Waals surface area (Å²) in [4.78, 5) is 22.3. The number of nitrogens with one attached hydrogen (secondary N) is 3. The predicted molar refractivity (Wildman–Crippen MR) is 116 cm³/mol. The maximum atomic E-state index is 11.6. The Morgan fingerprint density at radius 2 is 1.87 bits per heavy atom. The van der Waals surface area contributed by atoms with Gasteiger partial charge in [0.15, 0.2) is 6.29 Å². The van der Waals surface area contributed by atoms with Gasteiger partial charge < -0.3 is 36.4 Å². The smallest absolute Gasteiger partial charge is 0.326 e. The van der Waals surface area contributed by atoms with E-state index >= 15 is 0 Å². The molecule has 2 atom stereocenters. The Kier molecular flexibility index (Phi) is 12.3. The lowest BCUT2D eigenvalue weighted by molar-refractivity contribution is -0.139. The van der Waals surface area contributed by atoms with E-state index in [9.17, 15) is 24.9 Å². The lowest BCUT2D eigenvalue weighted by Crippen LogP contribution is -2.46. The number of carboxylic acids is 2. The molecule has 0 aliphatic heterocycles. The van der Waals surface area contributed by atoms with Gasteiger partial charge in [-0.05, 0) is 49.9 Å². The Hall–Kier alpha value is -2.55. The molecule has 10 heteroatoms. The lowest BCUT2D eigenvalue weighted by atomic mass is 10.1. The zero-order chi connectivity index (χ0) is 23.2. The van der Waals surface area contributed by atoms with Crippen LogP contribution < -0.4 is 16.0 Å². The van der Waals surface area contributed by atoms with Crippen molar-refractivity contribution in [3.8, 4) is 0 Å². The molecule has 0 saturated carbocycles. The third kappa shape index (κ3) is 11.4. The fourth-order valence-electron chi connectivity index (χ4n) is 2.81. The SMILES string of the molecule is C=C=C(N[C@@H](CCCCNCc1cccc(Cl)c1)C(=O)O)N[C@@H](CCC(=O)O)C(O)O. The van der Waals surface area contributed by atoms with Crippen LogP contribution in [0.1, 0.15) is 37.7 Å². The summed E-state index contributed by atoms with van der Waals surface area (Å²) in [5.41, 5.74) is 3.55. The van der Waals surface area contributed by atoms with Crippen LogP contribution in [0.4, 0.5) is 0 Å². The highest BCUT2D eigenvalue weighted by Gasteiger charge is 2.22. The van der Waals surface area contributed by atoms with Crippen LogP contribution in [-0.4, -0.2) is 57.3 Å². The normalized spacial score (nSPS) is 12.6. The van der Waals surface area contributed by atoms with Crippen molar-refractivity contribution in [2.45, 2.75) is 57.0 Å². The number of halogens is 1. The second-order valence-corrected chi connectivity index (χ2v) is 7.42. The van der Waals surface area contributed by atoms with E-state index in [1.807, 2.05) is 18.2 Å². The molecule has 1 aromatic rings. The molecule has 1 rings (SSSR count). The summed E-state index contributed by atoms with van der Waals surface area (Å²) in [6, 6.07) is 5.57. The van der Waals surface area contributed by atoms with Crippen LogP contribution in [0.5, 0.6) is 0 Å². The van der Waals surface area contributed by atoms with Crippen molar-refractivity contribution in [2.24, 2.45) is 0 Å². The number of aliphatic hydroxyl groups is 2. The van der Waals surface area contributed by atoms with Crippen molar-refractivity contribution in [1.82, 2.24) is 16.0 Å². The van der Waals surface area contributed by atoms with E-state index in [1.165, 1.54) is 0 Å². The van der Waals surface area contributed by atoms with Crippen molar-refractivity contribution in [1.29, 1.82) is 0 Å². The van der Waals surface area contributed by atoms with Crippen molar-refractivity contribution in [2.75, 3.05) is 6.54 Å². The molecule has 0 heterocycles. The fourth-order valence-corrected chi connectivity index (χ4v) is 3.03. The minimum atomic E-state index is -1.83. The number of aliphatic carboxylic acids is 2.